The third-order valence-corrected chi connectivity index (χ3v) is 3.45. The highest BCUT2D eigenvalue weighted by molar-refractivity contribution is 5.81. The first-order chi connectivity index (χ1) is 10.6. The number of hydrogen-bond acceptors (Lipinski definition) is 5. The van der Waals surface area contributed by atoms with Gasteiger partial charge in [0.05, 0.1) is 41.2 Å². The van der Waals surface area contributed by atoms with Gasteiger partial charge in [-0.3, -0.25) is 0 Å². The minimum atomic E-state index is 0.209. The lowest BCUT2D eigenvalue weighted by Crippen LogP contribution is -2.04. The summed E-state index contributed by atoms with van der Waals surface area (Å²) in [6.45, 7) is 1.89. The summed E-state index contributed by atoms with van der Waals surface area (Å²) in [7, 11) is 1.91. The van der Waals surface area contributed by atoms with E-state index in [9.17, 15) is 0 Å². The predicted molar refractivity (Wildman–Crippen MR) is 83.5 cm³/mol. The third-order valence-electron chi connectivity index (χ3n) is 3.45. The molecule has 0 fully saturated rings. The molecule has 0 saturated heterocycles. The number of benzene rings is 1. The molecule has 22 heavy (non-hydrogen) atoms. The molecule has 0 spiro atoms. The van der Waals surface area contributed by atoms with Crippen LogP contribution in [0.3, 0.4) is 0 Å². The minimum Gasteiger partial charge on any atom is -0.368 e. The number of nitrogen functional groups attached to an aromatic ring is 1. The molecule has 0 aliphatic rings. The summed E-state index contributed by atoms with van der Waals surface area (Å²) in [5, 5.41) is 9.09. The van der Waals surface area contributed by atoms with Crippen LogP contribution in [0.15, 0.2) is 36.8 Å². The number of anilines is 1. The Balaban J connectivity index is 2.31. The van der Waals surface area contributed by atoms with Gasteiger partial charge in [-0.2, -0.15) is 5.26 Å². The van der Waals surface area contributed by atoms with Crippen LogP contribution in [0, 0.1) is 18.3 Å². The maximum absolute atomic E-state index is 9.09. The highest BCUT2D eigenvalue weighted by Crippen LogP contribution is 2.33. The van der Waals surface area contributed by atoms with E-state index in [4.69, 9.17) is 11.0 Å². The Kier molecular flexibility index (Phi) is 3.31. The van der Waals surface area contributed by atoms with E-state index < -0.39 is 0 Å². The summed E-state index contributed by atoms with van der Waals surface area (Å²) in [6, 6.07) is 9.42. The van der Waals surface area contributed by atoms with Crippen LogP contribution in [0.1, 0.15) is 11.3 Å². The Hall–Kier alpha value is -3.20. The lowest BCUT2D eigenvalue weighted by molar-refractivity contribution is 0.917. The molecule has 0 atom stereocenters. The Morgan fingerprint density at radius 2 is 2.09 bits per heavy atom. The molecule has 0 aliphatic carbocycles. The molecule has 1 aromatic carbocycles. The van der Waals surface area contributed by atoms with E-state index >= 15 is 0 Å². The first-order valence-corrected chi connectivity index (χ1v) is 6.71. The van der Waals surface area contributed by atoms with Crippen molar-refractivity contribution in [3.8, 4) is 28.6 Å². The summed E-state index contributed by atoms with van der Waals surface area (Å²) in [4.78, 5) is 12.8. The monoisotopic (exact) mass is 290 g/mol. The second-order valence-corrected chi connectivity index (χ2v) is 4.97. The molecular formula is C16H14N6. The van der Waals surface area contributed by atoms with Gasteiger partial charge >= 0.3 is 0 Å². The highest BCUT2D eigenvalue weighted by atomic mass is 15.0. The van der Waals surface area contributed by atoms with E-state index in [0.29, 0.717) is 11.3 Å². The summed E-state index contributed by atoms with van der Waals surface area (Å²) < 4.78 is 1.90. The Labute approximate surface area is 127 Å². The van der Waals surface area contributed by atoms with Crippen LogP contribution >= 0.6 is 0 Å². The molecule has 2 N–H and O–H groups in total. The van der Waals surface area contributed by atoms with Crippen molar-refractivity contribution in [2.45, 2.75) is 6.92 Å². The Bertz CT molecular complexity index is 888. The van der Waals surface area contributed by atoms with Crippen LogP contribution in [0.5, 0.6) is 0 Å². The smallest absolute Gasteiger partial charge is 0.220 e. The first kappa shape index (κ1) is 13.8. The van der Waals surface area contributed by atoms with Crippen LogP contribution in [0.4, 0.5) is 5.95 Å². The zero-order valence-electron chi connectivity index (χ0n) is 12.3. The molecule has 6 nitrogen and oxygen atoms in total. The van der Waals surface area contributed by atoms with Gasteiger partial charge in [0.2, 0.25) is 5.95 Å². The van der Waals surface area contributed by atoms with Gasteiger partial charge in [-0.1, -0.05) is 12.1 Å². The normalized spacial score (nSPS) is 10.4. The molecule has 108 valence electrons. The summed E-state index contributed by atoms with van der Waals surface area (Å²) in [5.41, 5.74) is 10.5. The van der Waals surface area contributed by atoms with Gasteiger partial charge in [-0.25, -0.2) is 15.0 Å². The number of aryl methyl sites for hydroxylation is 2. The van der Waals surface area contributed by atoms with Crippen molar-refractivity contribution in [1.82, 2.24) is 19.5 Å². The van der Waals surface area contributed by atoms with Gasteiger partial charge in [0, 0.05) is 18.2 Å². The number of aromatic nitrogens is 4. The van der Waals surface area contributed by atoms with Crippen molar-refractivity contribution in [2.75, 3.05) is 5.73 Å². The van der Waals surface area contributed by atoms with Gasteiger partial charge in [0.1, 0.15) is 0 Å². The summed E-state index contributed by atoms with van der Waals surface area (Å²) in [6.07, 6.45) is 3.49. The molecule has 0 saturated carbocycles. The van der Waals surface area contributed by atoms with Crippen LogP contribution in [0.25, 0.3) is 22.5 Å². The molecule has 2 heterocycles. The average Bonchev–Trinajstić information content (AvgIpc) is 2.92. The van der Waals surface area contributed by atoms with E-state index in [1.165, 1.54) is 0 Å². The van der Waals surface area contributed by atoms with Crippen molar-refractivity contribution in [3.63, 3.8) is 0 Å². The van der Waals surface area contributed by atoms with Crippen molar-refractivity contribution >= 4 is 5.95 Å². The zero-order chi connectivity index (χ0) is 15.7. The Morgan fingerprint density at radius 3 is 2.77 bits per heavy atom. The average molecular weight is 290 g/mol. The molecule has 0 radical (unpaired) electrons. The standard InChI is InChI=1S/C16H14N6/c1-10-14(13-8-19-9-22(13)2)15(21-16(18)20-10)12-5-3-4-11(6-12)7-17/h3-6,8-9H,1-2H3,(H2,18,20,21). The summed E-state index contributed by atoms with van der Waals surface area (Å²) in [5.74, 6) is 0.209. The number of nitrogens with two attached hydrogens (primary N) is 1. The van der Waals surface area contributed by atoms with Crippen LogP contribution < -0.4 is 5.73 Å². The number of nitriles is 1. The number of nitrogens with zero attached hydrogens (tertiary/aromatic N) is 5. The molecule has 0 aliphatic heterocycles. The molecule has 0 unspecified atom stereocenters. The lowest BCUT2D eigenvalue weighted by Gasteiger charge is -2.13. The largest absolute Gasteiger partial charge is 0.368 e. The van der Waals surface area contributed by atoms with Gasteiger partial charge in [-0.15, -0.1) is 0 Å². The van der Waals surface area contributed by atoms with E-state index in [0.717, 1.165) is 22.5 Å². The maximum atomic E-state index is 9.09. The third kappa shape index (κ3) is 2.29. The van der Waals surface area contributed by atoms with Crippen LogP contribution in [0.2, 0.25) is 0 Å². The van der Waals surface area contributed by atoms with Gasteiger partial charge < -0.3 is 10.3 Å². The maximum Gasteiger partial charge on any atom is 0.220 e. The quantitative estimate of drug-likeness (QED) is 0.781. The fraction of sp³-hybridized carbons (Fsp3) is 0.125. The zero-order valence-corrected chi connectivity index (χ0v) is 12.3. The Morgan fingerprint density at radius 1 is 1.27 bits per heavy atom. The fourth-order valence-corrected chi connectivity index (χ4v) is 2.44. The van der Waals surface area contributed by atoms with Gasteiger partial charge in [0.25, 0.3) is 0 Å². The molecule has 0 amide bonds. The number of imidazole rings is 1. The fourth-order valence-electron chi connectivity index (χ4n) is 2.44. The molecule has 6 heteroatoms. The SMILES string of the molecule is Cc1nc(N)nc(-c2cccc(C#N)c2)c1-c1cncn1C. The molecule has 0 bridgehead atoms. The first-order valence-electron chi connectivity index (χ1n) is 6.71. The molecule has 2 aromatic heterocycles. The van der Waals surface area contributed by atoms with E-state index in [1.807, 2.05) is 30.7 Å². The topological polar surface area (TPSA) is 93.4 Å². The molecular weight excluding hydrogens is 276 g/mol. The van der Waals surface area contributed by atoms with Gasteiger partial charge in [-0.05, 0) is 19.1 Å². The van der Waals surface area contributed by atoms with Crippen molar-refractivity contribution < 1.29 is 0 Å². The van der Waals surface area contributed by atoms with E-state index in [1.54, 1.807) is 24.7 Å². The highest BCUT2D eigenvalue weighted by Gasteiger charge is 2.17. The van der Waals surface area contributed by atoms with Crippen molar-refractivity contribution in [1.29, 1.82) is 5.26 Å². The van der Waals surface area contributed by atoms with E-state index in [-0.39, 0.29) is 5.95 Å². The van der Waals surface area contributed by atoms with Gasteiger partial charge in [0.15, 0.2) is 0 Å². The van der Waals surface area contributed by atoms with Crippen molar-refractivity contribution in [2.24, 2.45) is 7.05 Å². The second kappa shape index (κ2) is 5.30. The second-order valence-electron chi connectivity index (χ2n) is 4.97. The van der Waals surface area contributed by atoms with E-state index in [2.05, 4.69) is 21.0 Å². The minimum absolute atomic E-state index is 0.209. The summed E-state index contributed by atoms with van der Waals surface area (Å²) >= 11 is 0. The molecule has 3 aromatic rings. The molecule has 3 rings (SSSR count). The lowest BCUT2D eigenvalue weighted by atomic mass is 10.0. The van der Waals surface area contributed by atoms with Crippen LogP contribution in [-0.4, -0.2) is 19.5 Å². The van der Waals surface area contributed by atoms with Crippen molar-refractivity contribution in [3.05, 3.63) is 48.0 Å². The predicted octanol–water partition coefficient (Wildman–Crippen LogP) is 2.31. The number of rotatable bonds is 2. The number of hydrogen-bond donors (Lipinski definition) is 1. The van der Waals surface area contributed by atoms with Crippen LogP contribution in [-0.2, 0) is 7.05 Å².